The monoisotopic (exact) mass is 420 g/mol. The number of hydrogen-bond donors (Lipinski definition) is 1. The third-order valence-electron chi connectivity index (χ3n) is 4.01. The second-order valence-electron chi connectivity index (χ2n) is 5.86. The quantitative estimate of drug-likeness (QED) is 0.633. The van der Waals surface area contributed by atoms with E-state index in [4.69, 9.17) is 10.00 Å². The van der Waals surface area contributed by atoms with Crippen molar-refractivity contribution >= 4 is 21.8 Å². The Bertz CT molecular complexity index is 950. The summed E-state index contributed by atoms with van der Waals surface area (Å²) in [6.45, 7) is -0.168. The molecule has 0 spiro atoms. The molecule has 134 valence electrons. The van der Waals surface area contributed by atoms with Crippen molar-refractivity contribution in [2.75, 3.05) is 6.61 Å². The van der Waals surface area contributed by atoms with Crippen molar-refractivity contribution in [1.29, 1.82) is 5.26 Å². The second-order valence-corrected chi connectivity index (χ2v) is 6.78. The summed E-state index contributed by atoms with van der Waals surface area (Å²) in [7, 11) is 0. The van der Waals surface area contributed by atoms with Crippen LogP contribution in [0, 0.1) is 11.3 Å². The number of nitrogens with zero attached hydrogens (tertiary/aromatic N) is 1. The molecular formula is C22H17BrN2O2. The largest absolute Gasteiger partial charge is 0.482 e. The number of nitrogens with one attached hydrogen (secondary N) is 1. The zero-order valence-corrected chi connectivity index (χ0v) is 16.0. The van der Waals surface area contributed by atoms with Crippen LogP contribution in [0.4, 0.5) is 0 Å². The first-order chi connectivity index (χ1) is 13.2. The van der Waals surface area contributed by atoms with E-state index in [1.165, 1.54) is 0 Å². The lowest BCUT2D eigenvalue weighted by molar-refractivity contribution is -0.123. The van der Waals surface area contributed by atoms with Crippen LogP contribution in [0.15, 0.2) is 83.3 Å². The Morgan fingerprint density at radius 2 is 1.59 bits per heavy atom. The Morgan fingerprint density at radius 3 is 2.30 bits per heavy atom. The van der Waals surface area contributed by atoms with Gasteiger partial charge >= 0.3 is 0 Å². The molecular weight excluding hydrogens is 404 g/mol. The van der Waals surface area contributed by atoms with E-state index >= 15 is 0 Å². The van der Waals surface area contributed by atoms with Gasteiger partial charge in [0.05, 0.1) is 11.6 Å². The van der Waals surface area contributed by atoms with Gasteiger partial charge in [0, 0.05) is 4.47 Å². The van der Waals surface area contributed by atoms with E-state index in [1.807, 2.05) is 54.6 Å². The van der Waals surface area contributed by atoms with E-state index in [0.717, 1.165) is 15.6 Å². The van der Waals surface area contributed by atoms with Crippen LogP contribution in [0.1, 0.15) is 22.7 Å². The maximum Gasteiger partial charge on any atom is 0.258 e. The molecule has 1 amide bonds. The van der Waals surface area contributed by atoms with Gasteiger partial charge in [0.1, 0.15) is 11.8 Å². The van der Waals surface area contributed by atoms with Crippen molar-refractivity contribution in [3.63, 3.8) is 0 Å². The molecule has 1 unspecified atom stereocenters. The van der Waals surface area contributed by atoms with Crippen LogP contribution in [0.3, 0.4) is 0 Å². The van der Waals surface area contributed by atoms with E-state index in [1.54, 1.807) is 24.3 Å². The summed E-state index contributed by atoms with van der Waals surface area (Å²) >= 11 is 3.43. The molecule has 27 heavy (non-hydrogen) atoms. The molecule has 0 bridgehead atoms. The van der Waals surface area contributed by atoms with Crippen LogP contribution < -0.4 is 10.1 Å². The van der Waals surface area contributed by atoms with Crippen molar-refractivity contribution in [1.82, 2.24) is 5.32 Å². The third kappa shape index (κ3) is 4.96. The van der Waals surface area contributed by atoms with Gasteiger partial charge in [-0.1, -0.05) is 70.5 Å². The van der Waals surface area contributed by atoms with Gasteiger partial charge in [0.15, 0.2) is 6.61 Å². The summed E-state index contributed by atoms with van der Waals surface area (Å²) in [6.07, 6.45) is 0. The Labute approximate surface area is 166 Å². The minimum absolute atomic E-state index is 0.168. The second kappa shape index (κ2) is 9.02. The topological polar surface area (TPSA) is 62.1 Å². The molecule has 0 aromatic heterocycles. The highest BCUT2D eigenvalue weighted by Crippen LogP contribution is 2.24. The summed E-state index contributed by atoms with van der Waals surface area (Å²) in [5.41, 5.74) is 2.35. The van der Waals surface area contributed by atoms with E-state index in [0.29, 0.717) is 11.3 Å². The standard InChI is InChI=1S/C22H17BrN2O2/c23-19-12-10-17(11-13-19)22(16-6-2-1-3-7-16)25-21(26)15-27-20-9-5-4-8-18(20)14-24/h1-13,22H,15H2,(H,25,26). The predicted molar refractivity (Wildman–Crippen MR) is 107 cm³/mol. The number of ether oxygens (including phenoxy) is 1. The number of rotatable bonds is 6. The molecule has 1 N–H and O–H groups in total. The molecule has 1 atom stereocenters. The van der Waals surface area contributed by atoms with Crippen LogP contribution in [-0.2, 0) is 4.79 Å². The number of amides is 1. The fourth-order valence-corrected chi connectivity index (χ4v) is 2.95. The molecule has 0 saturated carbocycles. The molecule has 0 radical (unpaired) electrons. The number of hydrogen-bond acceptors (Lipinski definition) is 3. The fourth-order valence-electron chi connectivity index (χ4n) is 2.69. The first-order valence-electron chi connectivity index (χ1n) is 8.39. The van der Waals surface area contributed by atoms with Crippen molar-refractivity contribution < 1.29 is 9.53 Å². The summed E-state index contributed by atoms with van der Waals surface area (Å²) in [4.78, 5) is 12.5. The number of carbonyl (C=O) groups is 1. The number of halogens is 1. The van der Waals surface area contributed by atoms with Crippen LogP contribution in [0.25, 0.3) is 0 Å². The van der Waals surface area contributed by atoms with Gasteiger partial charge in [-0.3, -0.25) is 4.79 Å². The number of carbonyl (C=O) groups excluding carboxylic acids is 1. The van der Waals surface area contributed by atoms with Gasteiger partial charge in [0.25, 0.3) is 5.91 Å². The number of benzene rings is 3. The number of para-hydroxylation sites is 1. The molecule has 0 aliphatic rings. The molecule has 0 aliphatic carbocycles. The zero-order chi connectivity index (χ0) is 19.1. The van der Waals surface area contributed by atoms with Crippen LogP contribution >= 0.6 is 15.9 Å². The average Bonchev–Trinajstić information content (AvgIpc) is 2.72. The summed E-state index contributed by atoms with van der Waals surface area (Å²) in [6, 6.07) is 26.2. The summed E-state index contributed by atoms with van der Waals surface area (Å²) < 4.78 is 6.51. The molecule has 0 fully saturated rings. The van der Waals surface area contributed by atoms with E-state index in [9.17, 15) is 4.79 Å². The Morgan fingerprint density at radius 1 is 0.963 bits per heavy atom. The van der Waals surface area contributed by atoms with Crippen LogP contribution in [0.5, 0.6) is 5.75 Å². The molecule has 0 saturated heterocycles. The molecule has 0 heterocycles. The van der Waals surface area contributed by atoms with Gasteiger partial charge in [-0.2, -0.15) is 5.26 Å². The van der Waals surface area contributed by atoms with Gasteiger partial charge in [0.2, 0.25) is 0 Å². The molecule has 3 aromatic rings. The lowest BCUT2D eigenvalue weighted by Gasteiger charge is -2.20. The summed E-state index contributed by atoms with van der Waals surface area (Å²) in [5, 5.41) is 12.1. The first-order valence-corrected chi connectivity index (χ1v) is 9.18. The maximum atomic E-state index is 12.5. The smallest absolute Gasteiger partial charge is 0.258 e. The first kappa shape index (κ1) is 18.7. The maximum absolute atomic E-state index is 12.5. The predicted octanol–water partition coefficient (Wildman–Crippen LogP) is 4.61. The van der Waals surface area contributed by atoms with Crippen molar-refractivity contribution in [2.24, 2.45) is 0 Å². The van der Waals surface area contributed by atoms with Gasteiger partial charge in [-0.15, -0.1) is 0 Å². The van der Waals surface area contributed by atoms with Gasteiger partial charge in [-0.05, 0) is 35.4 Å². The highest BCUT2D eigenvalue weighted by atomic mass is 79.9. The lowest BCUT2D eigenvalue weighted by atomic mass is 9.99. The normalized spacial score (nSPS) is 11.3. The van der Waals surface area contributed by atoms with Gasteiger partial charge < -0.3 is 10.1 Å². The Hall–Kier alpha value is -3.10. The van der Waals surface area contributed by atoms with E-state index < -0.39 is 0 Å². The fraction of sp³-hybridized carbons (Fsp3) is 0.0909. The van der Waals surface area contributed by atoms with E-state index in [2.05, 4.69) is 27.3 Å². The third-order valence-corrected chi connectivity index (χ3v) is 4.54. The van der Waals surface area contributed by atoms with Crippen molar-refractivity contribution in [3.8, 4) is 11.8 Å². The zero-order valence-electron chi connectivity index (χ0n) is 14.4. The Balaban J connectivity index is 1.75. The molecule has 3 rings (SSSR count). The Kier molecular flexibility index (Phi) is 6.24. The van der Waals surface area contributed by atoms with E-state index in [-0.39, 0.29) is 18.6 Å². The minimum atomic E-state index is -0.290. The number of nitriles is 1. The summed E-state index contributed by atoms with van der Waals surface area (Å²) in [5.74, 6) is 0.134. The van der Waals surface area contributed by atoms with Crippen molar-refractivity contribution in [2.45, 2.75) is 6.04 Å². The van der Waals surface area contributed by atoms with Crippen LogP contribution in [-0.4, -0.2) is 12.5 Å². The highest BCUT2D eigenvalue weighted by Gasteiger charge is 2.17. The molecule has 3 aromatic carbocycles. The SMILES string of the molecule is N#Cc1ccccc1OCC(=O)NC(c1ccccc1)c1ccc(Br)cc1. The average molecular weight is 421 g/mol. The highest BCUT2D eigenvalue weighted by molar-refractivity contribution is 9.10. The molecule has 4 nitrogen and oxygen atoms in total. The van der Waals surface area contributed by atoms with Gasteiger partial charge in [-0.25, -0.2) is 0 Å². The minimum Gasteiger partial charge on any atom is -0.482 e. The molecule has 0 aliphatic heterocycles. The van der Waals surface area contributed by atoms with Crippen LogP contribution in [0.2, 0.25) is 0 Å². The molecule has 5 heteroatoms. The lowest BCUT2D eigenvalue weighted by Crippen LogP contribution is -2.33. The van der Waals surface area contributed by atoms with Crippen molar-refractivity contribution in [3.05, 3.63) is 100 Å².